The number of esters is 2. The first-order chi connectivity index (χ1) is 7.47. The normalized spacial score (nSPS) is 23.6. The quantitative estimate of drug-likeness (QED) is 0.541. The predicted octanol–water partition coefficient (Wildman–Crippen LogP) is 1.40. The molecule has 1 rings (SSSR count). The van der Waals surface area contributed by atoms with Gasteiger partial charge >= 0.3 is 11.9 Å². The molecule has 1 atom stereocenters. The van der Waals surface area contributed by atoms with Gasteiger partial charge in [0, 0.05) is 27.4 Å². The van der Waals surface area contributed by atoms with E-state index in [1.54, 1.807) is 7.11 Å². The van der Waals surface area contributed by atoms with Crippen LogP contribution in [0, 0.1) is 0 Å². The van der Waals surface area contributed by atoms with E-state index in [-0.39, 0.29) is 6.10 Å². The topological polar surface area (TPSA) is 61.8 Å². The fourth-order valence-corrected chi connectivity index (χ4v) is 2.08. The van der Waals surface area contributed by atoms with Crippen molar-refractivity contribution < 1.29 is 23.8 Å². The third-order valence-electron chi connectivity index (χ3n) is 2.62. The van der Waals surface area contributed by atoms with Gasteiger partial charge in [0.1, 0.15) is 0 Å². The zero-order valence-electron chi connectivity index (χ0n) is 9.95. The Labute approximate surface area is 95.0 Å². The van der Waals surface area contributed by atoms with E-state index in [4.69, 9.17) is 14.2 Å². The van der Waals surface area contributed by atoms with Gasteiger partial charge in [0.2, 0.25) is 0 Å². The van der Waals surface area contributed by atoms with Crippen molar-refractivity contribution in [2.45, 2.75) is 51.4 Å². The number of methoxy groups -OCH3 is 1. The molecule has 16 heavy (non-hydrogen) atoms. The van der Waals surface area contributed by atoms with Gasteiger partial charge in [-0.2, -0.15) is 0 Å². The SMILES string of the molecule is COC1CCCC(OC(C)=O)(OC(C)=O)C1. The Morgan fingerprint density at radius 1 is 1.19 bits per heavy atom. The highest BCUT2D eigenvalue weighted by atomic mass is 16.7. The maximum absolute atomic E-state index is 11.0. The van der Waals surface area contributed by atoms with Crippen LogP contribution < -0.4 is 0 Å². The molecule has 5 nitrogen and oxygen atoms in total. The van der Waals surface area contributed by atoms with Crippen molar-refractivity contribution in [1.29, 1.82) is 0 Å². The van der Waals surface area contributed by atoms with Crippen LogP contribution in [0.25, 0.3) is 0 Å². The minimum atomic E-state index is -1.13. The molecule has 0 spiro atoms. The largest absolute Gasteiger partial charge is 0.423 e. The molecular weight excluding hydrogens is 212 g/mol. The minimum Gasteiger partial charge on any atom is -0.423 e. The molecule has 0 amide bonds. The highest BCUT2D eigenvalue weighted by Crippen LogP contribution is 2.34. The molecule has 1 aliphatic carbocycles. The van der Waals surface area contributed by atoms with Gasteiger partial charge in [-0.1, -0.05) is 0 Å². The molecule has 1 saturated carbocycles. The summed E-state index contributed by atoms with van der Waals surface area (Å²) in [4.78, 5) is 22.1. The van der Waals surface area contributed by atoms with Gasteiger partial charge in [0.25, 0.3) is 5.79 Å². The van der Waals surface area contributed by atoms with Gasteiger partial charge < -0.3 is 14.2 Å². The maximum atomic E-state index is 11.0. The monoisotopic (exact) mass is 230 g/mol. The van der Waals surface area contributed by atoms with E-state index in [1.807, 2.05) is 0 Å². The van der Waals surface area contributed by atoms with Crippen LogP contribution in [0.4, 0.5) is 0 Å². The maximum Gasteiger partial charge on any atom is 0.305 e. The van der Waals surface area contributed by atoms with E-state index < -0.39 is 17.7 Å². The Kier molecular flexibility index (Phi) is 4.29. The van der Waals surface area contributed by atoms with Crippen LogP contribution in [0.1, 0.15) is 39.5 Å². The van der Waals surface area contributed by atoms with Gasteiger partial charge in [-0.05, 0) is 12.8 Å². The lowest BCUT2D eigenvalue weighted by molar-refractivity contribution is -0.245. The van der Waals surface area contributed by atoms with Crippen LogP contribution in [0.3, 0.4) is 0 Å². The number of hydrogen-bond donors (Lipinski definition) is 0. The molecule has 1 unspecified atom stereocenters. The molecule has 0 N–H and O–H groups in total. The summed E-state index contributed by atoms with van der Waals surface area (Å²) >= 11 is 0. The van der Waals surface area contributed by atoms with Gasteiger partial charge in [-0.25, -0.2) is 0 Å². The summed E-state index contributed by atoms with van der Waals surface area (Å²) < 4.78 is 15.5. The van der Waals surface area contributed by atoms with Crippen LogP contribution in [0.15, 0.2) is 0 Å². The van der Waals surface area contributed by atoms with E-state index in [1.165, 1.54) is 13.8 Å². The second-order valence-electron chi connectivity index (χ2n) is 4.05. The van der Waals surface area contributed by atoms with Gasteiger partial charge in [0.15, 0.2) is 0 Å². The fourth-order valence-electron chi connectivity index (χ4n) is 2.08. The third-order valence-corrected chi connectivity index (χ3v) is 2.62. The van der Waals surface area contributed by atoms with E-state index in [0.29, 0.717) is 12.8 Å². The number of ether oxygens (including phenoxy) is 3. The van der Waals surface area contributed by atoms with Crippen LogP contribution in [0.5, 0.6) is 0 Å². The van der Waals surface area contributed by atoms with Gasteiger partial charge in [-0.3, -0.25) is 9.59 Å². The number of rotatable bonds is 3. The minimum absolute atomic E-state index is 0.0348. The standard InChI is InChI=1S/C11H18O5/c1-8(12)15-11(16-9(2)13)6-4-5-10(7-11)14-3/h10H,4-7H2,1-3H3. The first-order valence-electron chi connectivity index (χ1n) is 5.39. The lowest BCUT2D eigenvalue weighted by Crippen LogP contribution is -2.45. The van der Waals surface area contributed by atoms with E-state index in [0.717, 1.165) is 12.8 Å². The Bertz CT molecular complexity index is 258. The molecule has 92 valence electrons. The van der Waals surface area contributed by atoms with Gasteiger partial charge in [-0.15, -0.1) is 0 Å². The third kappa shape index (κ3) is 3.48. The van der Waals surface area contributed by atoms with E-state index >= 15 is 0 Å². The summed E-state index contributed by atoms with van der Waals surface area (Å²) in [6.45, 7) is 2.61. The molecular formula is C11H18O5. The molecule has 0 radical (unpaired) electrons. The molecule has 0 aromatic rings. The van der Waals surface area contributed by atoms with Gasteiger partial charge in [0.05, 0.1) is 12.5 Å². The molecule has 0 aromatic heterocycles. The first-order valence-corrected chi connectivity index (χ1v) is 5.39. The van der Waals surface area contributed by atoms with Crippen molar-refractivity contribution in [3.8, 4) is 0 Å². The summed E-state index contributed by atoms with van der Waals surface area (Å²) in [5, 5.41) is 0. The molecule has 0 bridgehead atoms. The van der Waals surface area contributed by atoms with Crippen molar-refractivity contribution in [1.82, 2.24) is 0 Å². The smallest absolute Gasteiger partial charge is 0.305 e. The van der Waals surface area contributed by atoms with Crippen LogP contribution in [-0.2, 0) is 23.8 Å². The first kappa shape index (κ1) is 13.0. The fraction of sp³-hybridized carbons (Fsp3) is 0.818. The molecule has 5 heteroatoms. The predicted molar refractivity (Wildman–Crippen MR) is 55.5 cm³/mol. The lowest BCUT2D eigenvalue weighted by atomic mass is 9.91. The van der Waals surface area contributed by atoms with Crippen LogP contribution in [-0.4, -0.2) is 30.9 Å². The summed E-state index contributed by atoms with van der Waals surface area (Å²) in [5.74, 6) is -2.02. The Hall–Kier alpha value is -1.10. The van der Waals surface area contributed by atoms with Crippen molar-refractivity contribution in [3.63, 3.8) is 0 Å². The van der Waals surface area contributed by atoms with E-state index in [2.05, 4.69) is 0 Å². The lowest BCUT2D eigenvalue weighted by Gasteiger charge is -2.38. The Morgan fingerprint density at radius 2 is 1.75 bits per heavy atom. The van der Waals surface area contributed by atoms with Crippen LogP contribution >= 0.6 is 0 Å². The van der Waals surface area contributed by atoms with Crippen molar-refractivity contribution >= 4 is 11.9 Å². The number of carbonyl (C=O) groups excluding carboxylic acids is 2. The Balaban J connectivity index is 2.76. The average Bonchev–Trinajstić information content (AvgIpc) is 2.15. The van der Waals surface area contributed by atoms with Crippen molar-refractivity contribution in [3.05, 3.63) is 0 Å². The summed E-state index contributed by atoms with van der Waals surface area (Å²) in [7, 11) is 1.60. The molecule has 0 saturated heterocycles. The van der Waals surface area contributed by atoms with Crippen molar-refractivity contribution in [2.75, 3.05) is 7.11 Å². The zero-order chi connectivity index (χ0) is 12.2. The molecule has 1 aliphatic rings. The average molecular weight is 230 g/mol. The van der Waals surface area contributed by atoms with Crippen molar-refractivity contribution in [2.24, 2.45) is 0 Å². The highest BCUT2D eigenvalue weighted by Gasteiger charge is 2.42. The summed E-state index contributed by atoms with van der Waals surface area (Å²) in [6, 6.07) is 0. The molecule has 0 heterocycles. The second-order valence-corrected chi connectivity index (χ2v) is 4.05. The summed E-state index contributed by atoms with van der Waals surface area (Å²) in [6.07, 6.45) is 2.60. The molecule has 0 aliphatic heterocycles. The molecule has 1 fully saturated rings. The Morgan fingerprint density at radius 3 is 2.19 bits per heavy atom. The van der Waals surface area contributed by atoms with Crippen LogP contribution in [0.2, 0.25) is 0 Å². The number of carbonyl (C=O) groups is 2. The highest BCUT2D eigenvalue weighted by molar-refractivity contribution is 5.68. The zero-order valence-corrected chi connectivity index (χ0v) is 9.95. The second kappa shape index (κ2) is 5.30. The summed E-state index contributed by atoms with van der Waals surface area (Å²) in [5.41, 5.74) is 0. The van der Waals surface area contributed by atoms with E-state index in [9.17, 15) is 9.59 Å². The number of hydrogen-bond acceptors (Lipinski definition) is 5. The molecule has 0 aromatic carbocycles.